The fourth-order valence-electron chi connectivity index (χ4n) is 0.516. The van der Waals surface area contributed by atoms with Gasteiger partial charge in [-0.2, -0.15) is 0 Å². The van der Waals surface area contributed by atoms with Crippen molar-refractivity contribution in [2.75, 3.05) is 0 Å². The molecule has 0 aliphatic heterocycles. The van der Waals surface area contributed by atoms with Gasteiger partial charge in [0.25, 0.3) is 0 Å². The molecule has 0 fully saturated rings. The minimum absolute atomic E-state index is 0.312. The number of phenolic OH excluding ortho intramolecular Hbond substituents is 1. The summed E-state index contributed by atoms with van der Waals surface area (Å²) in [6.07, 6.45) is 0. The average molecular weight is 317 g/mol. The number of aromatic hydroxyl groups is 1. The number of hydrogen-bond donors (Lipinski definition) is 1. The molecule has 0 saturated carbocycles. The van der Waals surface area contributed by atoms with Crippen molar-refractivity contribution in [3.05, 3.63) is 26.0 Å². The molecular formula is C6H3BrFIO. The first-order chi connectivity index (χ1) is 4.63. The van der Waals surface area contributed by atoms with E-state index in [0.29, 0.717) is 8.04 Å². The molecule has 0 radical (unpaired) electrons. The molecule has 1 aromatic rings. The van der Waals surface area contributed by atoms with E-state index < -0.39 is 5.82 Å². The highest BCUT2D eigenvalue weighted by molar-refractivity contribution is 14.1. The highest BCUT2D eigenvalue weighted by Crippen LogP contribution is 2.27. The van der Waals surface area contributed by atoms with Crippen LogP contribution in [-0.2, 0) is 0 Å². The van der Waals surface area contributed by atoms with Crippen LogP contribution in [0.4, 0.5) is 4.39 Å². The summed E-state index contributed by atoms with van der Waals surface area (Å²) in [6, 6.07) is 2.90. The van der Waals surface area contributed by atoms with Crippen molar-refractivity contribution < 1.29 is 9.50 Å². The van der Waals surface area contributed by atoms with E-state index in [1.165, 1.54) is 6.07 Å². The molecule has 0 amide bonds. The first-order valence-electron chi connectivity index (χ1n) is 2.45. The Morgan fingerprint density at radius 1 is 1.50 bits per heavy atom. The summed E-state index contributed by atoms with van der Waals surface area (Å²) in [5, 5.41) is 8.82. The lowest BCUT2D eigenvalue weighted by Gasteiger charge is -1.98. The molecule has 1 N–H and O–H groups in total. The fourth-order valence-corrected chi connectivity index (χ4v) is 1.28. The van der Waals surface area contributed by atoms with E-state index in [1.54, 1.807) is 6.07 Å². The highest BCUT2D eigenvalue weighted by Gasteiger charge is 2.07. The third-order valence-corrected chi connectivity index (χ3v) is 3.47. The van der Waals surface area contributed by atoms with Gasteiger partial charge in [-0.05, 0) is 50.7 Å². The van der Waals surface area contributed by atoms with Crippen LogP contribution in [0.25, 0.3) is 0 Å². The molecule has 0 aliphatic carbocycles. The quantitative estimate of drug-likeness (QED) is 0.576. The summed E-state index contributed by atoms with van der Waals surface area (Å²) in [5.74, 6) is -0.887. The van der Waals surface area contributed by atoms with Crippen LogP contribution in [0.15, 0.2) is 16.6 Å². The zero-order valence-corrected chi connectivity index (χ0v) is 8.48. The van der Waals surface area contributed by atoms with Gasteiger partial charge in [0.2, 0.25) is 0 Å². The van der Waals surface area contributed by atoms with Crippen molar-refractivity contribution in [3.63, 3.8) is 0 Å². The van der Waals surface area contributed by atoms with Gasteiger partial charge in [-0.3, -0.25) is 0 Å². The zero-order chi connectivity index (χ0) is 7.72. The molecule has 4 heteroatoms. The molecule has 0 aliphatic rings. The van der Waals surface area contributed by atoms with E-state index in [2.05, 4.69) is 15.9 Å². The largest absolute Gasteiger partial charge is 0.505 e. The van der Waals surface area contributed by atoms with Crippen LogP contribution < -0.4 is 0 Å². The molecule has 0 heterocycles. The zero-order valence-electron chi connectivity index (χ0n) is 4.74. The maximum absolute atomic E-state index is 12.7. The van der Waals surface area contributed by atoms with Gasteiger partial charge in [-0.1, -0.05) is 0 Å². The van der Waals surface area contributed by atoms with Gasteiger partial charge < -0.3 is 5.11 Å². The van der Waals surface area contributed by atoms with Crippen LogP contribution >= 0.6 is 38.5 Å². The van der Waals surface area contributed by atoms with Gasteiger partial charge in [0.1, 0.15) is 0 Å². The van der Waals surface area contributed by atoms with Crippen molar-refractivity contribution in [2.24, 2.45) is 0 Å². The van der Waals surface area contributed by atoms with Crippen LogP contribution in [0.3, 0.4) is 0 Å². The van der Waals surface area contributed by atoms with Crippen LogP contribution in [0.2, 0.25) is 0 Å². The maximum atomic E-state index is 12.7. The second kappa shape index (κ2) is 3.04. The van der Waals surface area contributed by atoms with Gasteiger partial charge >= 0.3 is 0 Å². The Bertz CT molecular complexity index is 237. The van der Waals surface area contributed by atoms with E-state index in [9.17, 15) is 4.39 Å². The molecule has 0 bridgehead atoms. The summed E-state index contributed by atoms with van der Waals surface area (Å²) in [5.41, 5.74) is 0. The fraction of sp³-hybridized carbons (Fsp3) is 0. The third-order valence-electron chi connectivity index (χ3n) is 1.01. The summed E-state index contributed by atoms with van der Waals surface area (Å²) in [7, 11) is 0. The second-order valence-electron chi connectivity index (χ2n) is 1.69. The Balaban J connectivity index is 3.34. The van der Waals surface area contributed by atoms with Gasteiger partial charge in [0, 0.05) is 4.47 Å². The monoisotopic (exact) mass is 316 g/mol. The van der Waals surface area contributed by atoms with E-state index in [1.807, 2.05) is 22.6 Å². The normalized spacial score (nSPS) is 9.90. The predicted molar refractivity (Wildman–Crippen MR) is 48.5 cm³/mol. The van der Waals surface area contributed by atoms with Crippen molar-refractivity contribution >= 4 is 38.5 Å². The molecule has 1 nitrogen and oxygen atoms in total. The number of rotatable bonds is 0. The predicted octanol–water partition coefficient (Wildman–Crippen LogP) is 2.90. The standard InChI is InChI=1S/C6H3BrFIO/c7-3-1-2-4(10)5(8)6(3)9/h1-2,10H. The minimum atomic E-state index is -0.574. The molecule has 0 aromatic heterocycles. The van der Waals surface area contributed by atoms with Crippen molar-refractivity contribution in [3.8, 4) is 5.75 Å². The van der Waals surface area contributed by atoms with Crippen LogP contribution in [0, 0.1) is 9.39 Å². The second-order valence-corrected chi connectivity index (χ2v) is 3.63. The maximum Gasteiger partial charge on any atom is 0.179 e. The average Bonchev–Trinajstić information content (AvgIpc) is 1.93. The van der Waals surface area contributed by atoms with Gasteiger partial charge in [-0.25, -0.2) is 4.39 Å². The van der Waals surface area contributed by atoms with E-state index in [0.717, 1.165) is 0 Å². The van der Waals surface area contributed by atoms with E-state index in [-0.39, 0.29) is 5.75 Å². The SMILES string of the molecule is Oc1ccc(Br)c(I)c1F. The Labute approximate surface area is 79.5 Å². The molecular weight excluding hydrogens is 314 g/mol. The van der Waals surface area contributed by atoms with Crippen LogP contribution in [-0.4, -0.2) is 5.11 Å². The third kappa shape index (κ3) is 1.42. The summed E-state index contributed by atoms with van der Waals surface area (Å²) < 4.78 is 13.8. The van der Waals surface area contributed by atoms with E-state index in [4.69, 9.17) is 5.11 Å². The Morgan fingerprint density at radius 2 is 2.10 bits per heavy atom. The molecule has 0 unspecified atom stereocenters. The molecule has 0 atom stereocenters. The molecule has 54 valence electrons. The van der Waals surface area contributed by atoms with Crippen molar-refractivity contribution in [1.82, 2.24) is 0 Å². The Morgan fingerprint density at radius 3 is 2.60 bits per heavy atom. The summed E-state index contributed by atoms with van der Waals surface area (Å²) >= 11 is 4.93. The lowest BCUT2D eigenvalue weighted by Crippen LogP contribution is -1.82. The van der Waals surface area contributed by atoms with Gasteiger partial charge in [0.05, 0.1) is 3.57 Å². The number of hydrogen-bond acceptors (Lipinski definition) is 1. The Hall–Kier alpha value is 0.160. The molecule has 0 spiro atoms. The lowest BCUT2D eigenvalue weighted by molar-refractivity contribution is 0.430. The molecule has 1 aromatic carbocycles. The minimum Gasteiger partial charge on any atom is -0.505 e. The van der Waals surface area contributed by atoms with Crippen molar-refractivity contribution in [2.45, 2.75) is 0 Å². The first kappa shape index (κ1) is 8.26. The molecule has 1 rings (SSSR count). The molecule has 10 heavy (non-hydrogen) atoms. The van der Waals surface area contributed by atoms with Crippen LogP contribution in [0.5, 0.6) is 5.75 Å². The first-order valence-corrected chi connectivity index (χ1v) is 4.32. The van der Waals surface area contributed by atoms with Crippen molar-refractivity contribution in [1.29, 1.82) is 0 Å². The Kier molecular flexibility index (Phi) is 2.51. The highest BCUT2D eigenvalue weighted by atomic mass is 127. The van der Waals surface area contributed by atoms with Gasteiger partial charge in [-0.15, -0.1) is 0 Å². The number of halogens is 3. The van der Waals surface area contributed by atoms with Crippen LogP contribution in [0.1, 0.15) is 0 Å². The lowest BCUT2D eigenvalue weighted by atomic mass is 10.3. The number of phenols is 1. The smallest absolute Gasteiger partial charge is 0.179 e. The van der Waals surface area contributed by atoms with E-state index >= 15 is 0 Å². The number of benzene rings is 1. The topological polar surface area (TPSA) is 20.2 Å². The summed E-state index contributed by atoms with van der Waals surface area (Å²) in [6.45, 7) is 0. The molecule has 0 saturated heterocycles. The van der Waals surface area contributed by atoms with Gasteiger partial charge in [0.15, 0.2) is 11.6 Å². The summed E-state index contributed by atoms with van der Waals surface area (Å²) in [4.78, 5) is 0.